The number of nitrogens with zero attached hydrogens (tertiary/aromatic N) is 3. The third kappa shape index (κ3) is 3.82. The monoisotopic (exact) mass is 424 g/mol. The van der Waals surface area contributed by atoms with Crippen molar-refractivity contribution in [1.82, 2.24) is 9.59 Å². The van der Waals surface area contributed by atoms with Gasteiger partial charge in [0.1, 0.15) is 5.52 Å². The fraction of sp³-hybridized carbons (Fsp3) is 0.0500. The molecule has 146 valence electrons. The average Bonchev–Trinajstić information content (AvgIpc) is 3.22. The lowest BCUT2D eigenvalue weighted by atomic mass is 10.2. The minimum Gasteiger partial charge on any atom is -0.322 e. The molecule has 0 aliphatic heterocycles. The molecule has 0 aliphatic carbocycles. The first kappa shape index (κ1) is 19.0. The first-order chi connectivity index (χ1) is 13.9. The molecule has 1 N–H and O–H groups in total. The van der Waals surface area contributed by atoms with Crippen molar-refractivity contribution in [3.8, 4) is 0 Å². The molecule has 9 heteroatoms. The van der Waals surface area contributed by atoms with Gasteiger partial charge in [-0.05, 0) is 60.1 Å². The fourth-order valence-corrected chi connectivity index (χ4v) is 4.58. The second-order valence-electron chi connectivity index (χ2n) is 6.25. The summed E-state index contributed by atoms with van der Waals surface area (Å²) in [6.07, 6.45) is 0. The van der Waals surface area contributed by atoms with Gasteiger partial charge in [0.05, 0.1) is 15.3 Å². The zero-order chi connectivity index (χ0) is 20.4. The number of rotatable bonds is 5. The number of nitrogens with one attached hydrogen (secondary N) is 1. The lowest BCUT2D eigenvalue weighted by Crippen LogP contribution is -2.26. The molecule has 1 amide bonds. The zero-order valence-electron chi connectivity index (χ0n) is 15.3. The van der Waals surface area contributed by atoms with Crippen molar-refractivity contribution in [2.75, 3.05) is 16.7 Å². The van der Waals surface area contributed by atoms with Crippen LogP contribution < -0.4 is 9.62 Å². The van der Waals surface area contributed by atoms with Gasteiger partial charge < -0.3 is 5.32 Å². The number of hydrogen-bond donors (Lipinski definition) is 1. The van der Waals surface area contributed by atoms with E-state index in [2.05, 4.69) is 14.9 Å². The summed E-state index contributed by atoms with van der Waals surface area (Å²) in [5, 5.41) is 6.71. The molecule has 1 aromatic heterocycles. The molecule has 0 fully saturated rings. The van der Waals surface area contributed by atoms with Crippen molar-refractivity contribution >= 4 is 49.1 Å². The normalized spacial score (nSPS) is 11.3. The summed E-state index contributed by atoms with van der Waals surface area (Å²) in [5.74, 6) is -0.356. The van der Waals surface area contributed by atoms with Crippen LogP contribution in [0.5, 0.6) is 0 Å². The quantitative estimate of drug-likeness (QED) is 0.526. The van der Waals surface area contributed by atoms with E-state index in [0.29, 0.717) is 22.5 Å². The van der Waals surface area contributed by atoms with E-state index in [0.717, 1.165) is 4.70 Å². The number of para-hydroxylation sites is 1. The van der Waals surface area contributed by atoms with Gasteiger partial charge in [-0.15, -0.1) is 5.10 Å². The zero-order valence-corrected chi connectivity index (χ0v) is 16.9. The van der Waals surface area contributed by atoms with Crippen molar-refractivity contribution in [1.29, 1.82) is 0 Å². The van der Waals surface area contributed by atoms with Crippen LogP contribution >= 0.6 is 11.5 Å². The highest BCUT2D eigenvalue weighted by molar-refractivity contribution is 7.92. The second-order valence-corrected chi connectivity index (χ2v) is 9.00. The number of fused-ring (bicyclic) bond motifs is 1. The van der Waals surface area contributed by atoms with E-state index in [1.165, 1.54) is 35.0 Å². The Morgan fingerprint density at radius 1 is 1.00 bits per heavy atom. The number of aromatic nitrogens is 2. The second kappa shape index (κ2) is 7.61. The van der Waals surface area contributed by atoms with Gasteiger partial charge in [-0.25, -0.2) is 8.42 Å². The maximum absolute atomic E-state index is 13.0. The van der Waals surface area contributed by atoms with E-state index < -0.39 is 10.0 Å². The van der Waals surface area contributed by atoms with E-state index >= 15 is 0 Å². The summed E-state index contributed by atoms with van der Waals surface area (Å²) < 4.78 is 31.9. The van der Waals surface area contributed by atoms with Crippen LogP contribution in [0.4, 0.5) is 11.4 Å². The van der Waals surface area contributed by atoms with Crippen molar-refractivity contribution in [3.63, 3.8) is 0 Å². The van der Waals surface area contributed by atoms with Crippen molar-refractivity contribution in [2.24, 2.45) is 0 Å². The molecule has 0 aliphatic rings. The highest BCUT2D eigenvalue weighted by Gasteiger charge is 2.21. The van der Waals surface area contributed by atoms with Crippen LogP contribution in [0.3, 0.4) is 0 Å². The highest BCUT2D eigenvalue weighted by atomic mass is 32.2. The van der Waals surface area contributed by atoms with Crippen molar-refractivity contribution in [3.05, 3.63) is 78.4 Å². The molecule has 0 saturated carbocycles. The predicted molar refractivity (Wildman–Crippen MR) is 114 cm³/mol. The van der Waals surface area contributed by atoms with E-state index in [4.69, 9.17) is 0 Å². The summed E-state index contributed by atoms with van der Waals surface area (Å²) in [5.41, 5.74) is 1.99. The van der Waals surface area contributed by atoms with Gasteiger partial charge in [-0.3, -0.25) is 9.10 Å². The molecule has 7 nitrogen and oxygen atoms in total. The fourth-order valence-electron chi connectivity index (χ4n) is 2.79. The molecule has 4 aromatic rings. The van der Waals surface area contributed by atoms with E-state index in [1.54, 1.807) is 54.6 Å². The van der Waals surface area contributed by atoms with Gasteiger partial charge in [-0.1, -0.05) is 28.8 Å². The largest absolute Gasteiger partial charge is 0.322 e. The molecular formula is C20H16N4O3S2. The van der Waals surface area contributed by atoms with Crippen molar-refractivity contribution in [2.45, 2.75) is 4.90 Å². The Bertz CT molecular complexity index is 1290. The molecule has 4 rings (SSSR count). The van der Waals surface area contributed by atoms with E-state index in [1.807, 2.05) is 6.07 Å². The molecule has 0 spiro atoms. The number of hydrogen-bond acceptors (Lipinski definition) is 6. The van der Waals surface area contributed by atoms with Gasteiger partial charge in [0, 0.05) is 18.3 Å². The molecule has 0 saturated heterocycles. The van der Waals surface area contributed by atoms with Crippen LogP contribution in [-0.4, -0.2) is 31.0 Å². The maximum atomic E-state index is 13.0. The lowest BCUT2D eigenvalue weighted by molar-refractivity contribution is 0.102. The van der Waals surface area contributed by atoms with Crippen LogP contribution in [0.2, 0.25) is 0 Å². The first-order valence-corrected chi connectivity index (χ1v) is 10.8. The van der Waals surface area contributed by atoms with Crippen LogP contribution in [0.1, 0.15) is 10.4 Å². The first-order valence-electron chi connectivity index (χ1n) is 8.63. The summed E-state index contributed by atoms with van der Waals surface area (Å²) in [6.45, 7) is 0. The maximum Gasteiger partial charge on any atom is 0.264 e. The number of carbonyl (C=O) groups excluding carboxylic acids is 1. The number of carbonyl (C=O) groups is 1. The molecule has 1 heterocycles. The highest BCUT2D eigenvalue weighted by Crippen LogP contribution is 2.24. The Balaban J connectivity index is 1.59. The number of sulfonamides is 1. The topological polar surface area (TPSA) is 92.3 Å². The summed E-state index contributed by atoms with van der Waals surface area (Å²) in [4.78, 5) is 12.7. The van der Waals surface area contributed by atoms with Gasteiger partial charge in [0.2, 0.25) is 0 Å². The Kier molecular flexibility index (Phi) is 4.99. The summed E-state index contributed by atoms with van der Waals surface area (Å²) in [7, 11) is -2.28. The Morgan fingerprint density at radius 2 is 1.79 bits per heavy atom. The number of anilines is 2. The Hall–Kier alpha value is -3.30. The standard InChI is InChI=1S/C20H16N4O3S2/c1-24(16-7-3-2-4-8-16)29(26,27)17-9-5-6-15(13-17)21-20(25)14-10-11-19-18(12-14)22-23-28-19/h2-13H,1H3,(H,21,25). The summed E-state index contributed by atoms with van der Waals surface area (Å²) >= 11 is 1.25. The van der Waals surface area contributed by atoms with E-state index in [-0.39, 0.29) is 10.8 Å². The minimum absolute atomic E-state index is 0.0841. The molecule has 3 aromatic carbocycles. The average molecular weight is 425 g/mol. The van der Waals surface area contributed by atoms with Crippen molar-refractivity contribution < 1.29 is 13.2 Å². The Labute approximate surface area is 171 Å². The Morgan fingerprint density at radius 3 is 2.59 bits per heavy atom. The number of benzene rings is 3. The molecule has 0 unspecified atom stereocenters. The summed E-state index contributed by atoms with van der Waals surface area (Å²) in [6, 6.07) is 20.1. The van der Waals surface area contributed by atoms with E-state index in [9.17, 15) is 13.2 Å². The smallest absolute Gasteiger partial charge is 0.264 e. The minimum atomic E-state index is -3.77. The molecular weight excluding hydrogens is 408 g/mol. The third-order valence-electron chi connectivity index (χ3n) is 4.38. The van der Waals surface area contributed by atoms with Gasteiger partial charge in [0.25, 0.3) is 15.9 Å². The van der Waals surface area contributed by atoms with Crippen LogP contribution in [0, 0.1) is 0 Å². The third-order valence-corrected chi connectivity index (χ3v) is 6.87. The predicted octanol–water partition coefficient (Wildman–Crippen LogP) is 3.77. The molecule has 0 radical (unpaired) electrons. The molecule has 0 bridgehead atoms. The van der Waals surface area contributed by atoms with Gasteiger partial charge >= 0.3 is 0 Å². The number of amides is 1. The lowest BCUT2D eigenvalue weighted by Gasteiger charge is -2.19. The van der Waals surface area contributed by atoms with Crippen LogP contribution in [-0.2, 0) is 10.0 Å². The molecule has 0 atom stereocenters. The van der Waals surface area contributed by atoms with Gasteiger partial charge in [-0.2, -0.15) is 0 Å². The van der Waals surface area contributed by atoms with Gasteiger partial charge in [0.15, 0.2) is 0 Å². The van der Waals surface area contributed by atoms with Crippen LogP contribution in [0.15, 0.2) is 77.7 Å². The SMILES string of the molecule is CN(c1ccccc1)S(=O)(=O)c1cccc(NC(=O)c2ccc3snnc3c2)c1. The van der Waals surface area contributed by atoms with Crippen LogP contribution in [0.25, 0.3) is 10.2 Å². The molecule has 29 heavy (non-hydrogen) atoms.